The minimum absolute atomic E-state index is 0.192. The van der Waals surface area contributed by atoms with Crippen LogP contribution in [0.15, 0.2) is 0 Å². The van der Waals surface area contributed by atoms with Gasteiger partial charge in [-0.2, -0.15) is 15.0 Å². The van der Waals surface area contributed by atoms with Gasteiger partial charge in [0.15, 0.2) is 0 Å². The van der Waals surface area contributed by atoms with Gasteiger partial charge in [0.2, 0.25) is 11.9 Å². The van der Waals surface area contributed by atoms with E-state index < -0.39 is 0 Å². The summed E-state index contributed by atoms with van der Waals surface area (Å²) in [6.07, 6.45) is 3.59. The van der Waals surface area contributed by atoms with Crippen LogP contribution in [0.3, 0.4) is 0 Å². The summed E-state index contributed by atoms with van der Waals surface area (Å²) in [7, 11) is 0. The summed E-state index contributed by atoms with van der Waals surface area (Å²) in [5.74, 6) is 2.19. The molecule has 1 atom stereocenters. The maximum absolute atomic E-state index is 5.63. The summed E-state index contributed by atoms with van der Waals surface area (Å²) < 4.78 is 5.36. The molecule has 1 aliphatic carbocycles. The van der Waals surface area contributed by atoms with Crippen molar-refractivity contribution < 1.29 is 4.74 Å². The highest BCUT2D eigenvalue weighted by molar-refractivity contribution is 5.32. The van der Waals surface area contributed by atoms with Gasteiger partial charge in [0.1, 0.15) is 0 Å². The van der Waals surface area contributed by atoms with Crippen molar-refractivity contribution in [3.05, 3.63) is 0 Å². The second kappa shape index (κ2) is 5.84. The quantitative estimate of drug-likeness (QED) is 0.767. The van der Waals surface area contributed by atoms with Gasteiger partial charge in [0, 0.05) is 6.54 Å². The Bertz CT molecular complexity index is 394. The topological polar surface area (TPSA) is 86.0 Å². The molecular weight excluding hydrogens is 230 g/mol. The smallest absolute Gasteiger partial charge is 0.323 e. The fourth-order valence-electron chi connectivity index (χ4n) is 1.79. The fraction of sp³-hybridized carbons (Fsp3) is 0.750. The van der Waals surface area contributed by atoms with Gasteiger partial charge in [0.05, 0.1) is 6.61 Å². The van der Waals surface area contributed by atoms with Gasteiger partial charge in [-0.1, -0.05) is 13.8 Å². The Morgan fingerprint density at radius 3 is 2.83 bits per heavy atom. The van der Waals surface area contributed by atoms with Gasteiger partial charge < -0.3 is 15.8 Å². The first-order valence-electron chi connectivity index (χ1n) is 6.57. The Morgan fingerprint density at radius 2 is 2.17 bits per heavy atom. The van der Waals surface area contributed by atoms with Crippen molar-refractivity contribution in [1.82, 2.24) is 15.0 Å². The van der Waals surface area contributed by atoms with E-state index in [1.54, 1.807) is 0 Å². The van der Waals surface area contributed by atoms with E-state index in [1.165, 1.54) is 12.8 Å². The third kappa shape index (κ3) is 3.72. The van der Waals surface area contributed by atoms with Crippen LogP contribution < -0.4 is 15.8 Å². The molecule has 1 aromatic heterocycles. The molecule has 6 nitrogen and oxygen atoms in total. The molecule has 0 aliphatic heterocycles. The van der Waals surface area contributed by atoms with Crippen LogP contribution in [-0.2, 0) is 0 Å². The van der Waals surface area contributed by atoms with Crippen LogP contribution in [0.2, 0.25) is 0 Å². The van der Waals surface area contributed by atoms with E-state index in [0.29, 0.717) is 24.5 Å². The molecule has 1 aromatic rings. The monoisotopic (exact) mass is 251 g/mol. The number of nitrogens with zero attached hydrogens (tertiary/aromatic N) is 3. The molecule has 6 heteroatoms. The summed E-state index contributed by atoms with van der Waals surface area (Å²) in [5, 5.41) is 3.20. The molecule has 1 fully saturated rings. The molecule has 1 saturated carbocycles. The fourth-order valence-corrected chi connectivity index (χ4v) is 1.79. The second-order valence-electron chi connectivity index (χ2n) is 4.84. The minimum atomic E-state index is 0.192. The summed E-state index contributed by atoms with van der Waals surface area (Å²) in [4.78, 5) is 12.2. The third-order valence-corrected chi connectivity index (χ3v) is 3.08. The number of anilines is 2. The normalized spacial score (nSPS) is 16.3. The standard InChI is InChI=1S/C12H21N5O/c1-3-6-18-12-16-10(13)15-11(17-12)14-7-8(2)9-4-5-9/h8-9H,3-7H2,1-2H3,(H3,13,14,15,16,17). The molecule has 18 heavy (non-hydrogen) atoms. The zero-order valence-corrected chi connectivity index (χ0v) is 11.0. The largest absolute Gasteiger partial charge is 0.463 e. The van der Waals surface area contributed by atoms with Crippen LogP contribution >= 0.6 is 0 Å². The van der Waals surface area contributed by atoms with Gasteiger partial charge in [-0.05, 0) is 31.1 Å². The van der Waals surface area contributed by atoms with Gasteiger partial charge in [0.25, 0.3) is 0 Å². The Kier molecular flexibility index (Phi) is 4.17. The molecule has 0 radical (unpaired) electrons. The van der Waals surface area contributed by atoms with E-state index in [-0.39, 0.29) is 5.95 Å². The number of aromatic nitrogens is 3. The van der Waals surface area contributed by atoms with Crippen LogP contribution in [-0.4, -0.2) is 28.1 Å². The molecule has 0 amide bonds. The van der Waals surface area contributed by atoms with E-state index >= 15 is 0 Å². The molecule has 0 bridgehead atoms. The summed E-state index contributed by atoms with van der Waals surface area (Å²) in [5.41, 5.74) is 5.63. The first kappa shape index (κ1) is 12.9. The molecule has 1 unspecified atom stereocenters. The molecule has 0 spiro atoms. The molecule has 100 valence electrons. The molecular formula is C12H21N5O. The van der Waals surface area contributed by atoms with E-state index in [2.05, 4.69) is 27.2 Å². The average Bonchev–Trinajstić information content (AvgIpc) is 3.17. The molecule has 0 saturated heterocycles. The average molecular weight is 251 g/mol. The van der Waals surface area contributed by atoms with Crippen molar-refractivity contribution in [3.63, 3.8) is 0 Å². The van der Waals surface area contributed by atoms with Crippen LogP contribution in [0, 0.1) is 11.8 Å². The lowest BCUT2D eigenvalue weighted by Gasteiger charge is -2.12. The molecule has 0 aromatic carbocycles. The highest BCUT2D eigenvalue weighted by atomic mass is 16.5. The number of ether oxygens (including phenoxy) is 1. The number of hydrogen-bond acceptors (Lipinski definition) is 6. The van der Waals surface area contributed by atoms with Gasteiger partial charge in [-0.25, -0.2) is 0 Å². The third-order valence-electron chi connectivity index (χ3n) is 3.08. The van der Waals surface area contributed by atoms with Gasteiger partial charge in [-0.3, -0.25) is 0 Å². The lowest BCUT2D eigenvalue weighted by Crippen LogP contribution is -2.16. The minimum Gasteiger partial charge on any atom is -0.463 e. The predicted octanol–water partition coefficient (Wildman–Crippen LogP) is 1.70. The van der Waals surface area contributed by atoms with E-state index in [4.69, 9.17) is 10.5 Å². The maximum atomic E-state index is 5.63. The second-order valence-corrected chi connectivity index (χ2v) is 4.84. The molecule has 3 N–H and O–H groups in total. The number of rotatable bonds is 7. The van der Waals surface area contributed by atoms with Crippen molar-refractivity contribution in [2.45, 2.75) is 33.1 Å². The molecule has 1 heterocycles. The first-order valence-corrected chi connectivity index (χ1v) is 6.57. The number of nitrogens with two attached hydrogens (primary N) is 1. The lowest BCUT2D eigenvalue weighted by molar-refractivity contribution is 0.292. The first-order chi connectivity index (χ1) is 8.69. The highest BCUT2D eigenvalue weighted by Gasteiger charge is 2.27. The number of hydrogen-bond donors (Lipinski definition) is 2. The van der Waals surface area contributed by atoms with Crippen molar-refractivity contribution in [1.29, 1.82) is 0 Å². The highest BCUT2D eigenvalue weighted by Crippen LogP contribution is 2.36. The van der Waals surface area contributed by atoms with Crippen LogP contribution in [0.1, 0.15) is 33.1 Å². The molecule has 1 aliphatic rings. The number of nitrogens with one attached hydrogen (secondary N) is 1. The predicted molar refractivity (Wildman–Crippen MR) is 70.4 cm³/mol. The van der Waals surface area contributed by atoms with Gasteiger partial charge in [-0.15, -0.1) is 0 Å². The SMILES string of the molecule is CCCOc1nc(N)nc(NCC(C)C2CC2)n1. The van der Waals surface area contributed by atoms with E-state index in [0.717, 1.165) is 18.9 Å². The molecule has 2 rings (SSSR count). The Hall–Kier alpha value is -1.59. The van der Waals surface area contributed by atoms with Crippen molar-refractivity contribution in [2.75, 3.05) is 24.2 Å². The van der Waals surface area contributed by atoms with Crippen molar-refractivity contribution >= 4 is 11.9 Å². The summed E-state index contributed by atoms with van der Waals surface area (Å²) in [6.45, 7) is 5.72. The Balaban J connectivity index is 1.91. The van der Waals surface area contributed by atoms with E-state index in [9.17, 15) is 0 Å². The lowest BCUT2D eigenvalue weighted by atomic mass is 10.1. The van der Waals surface area contributed by atoms with Crippen molar-refractivity contribution in [2.24, 2.45) is 11.8 Å². The summed E-state index contributed by atoms with van der Waals surface area (Å²) >= 11 is 0. The van der Waals surface area contributed by atoms with Crippen LogP contribution in [0.25, 0.3) is 0 Å². The zero-order chi connectivity index (χ0) is 13.0. The van der Waals surface area contributed by atoms with Crippen LogP contribution in [0.4, 0.5) is 11.9 Å². The zero-order valence-electron chi connectivity index (χ0n) is 11.0. The maximum Gasteiger partial charge on any atom is 0.323 e. The number of nitrogen functional groups attached to an aromatic ring is 1. The Labute approximate surface area is 107 Å². The Morgan fingerprint density at radius 1 is 1.39 bits per heavy atom. The van der Waals surface area contributed by atoms with Crippen LogP contribution in [0.5, 0.6) is 6.01 Å². The summed E-state index contributed by atoms with van der Waals surface area (Å²) in [6, 6.07) is 0.297. The van der Waals surface area contributed by atoms with E-state index in [1.807, 2.05) is 6.92 Å². The van der Waals surface area contributed by atoms with Crippen molar-refractivity contribution in [3.8, 4) is 6.01 Å². The van der Waals surface area contributed by atoms with Gasteiger partial charge >= 0.3 is 6.01 Å².